The minimum atomic E-state index is -0.259. The normalized spacial score (nSPS) is 13.7. The molecule has 152 valence electrons. The lowest BCUT2D eigenvalue weighted by atomic mass is 10.1. The number of hydrogen-bond donors (Lipinski definition) is 1. The molecular formula is C21H19FN6OS. The molecule has 30 heavy (non-hydrogen) atoms. The number of amides is 2. The molecule has 0 aliphatic carbocycles. The van der Waals surface area contributed by atoms with Crippen LogP contribution in [0.4, 0.5) is 20.0 Å². The molecule has 2 heterocycles. The first-order chi connectivity index (χ1) is 14.6. The van der Waals surface area contributed by atoms with Crippen molar-refractivity contribution in [1.29, 1.82) is 5.26 Å². The van der Waals surface area contributed by atoms with Gasteiger partial charge in [-0.25, -0.2) is 14.2 Å². The second kappa shape index (κ2) is 8.88. The molecule has 2 aromatic carbocycles. The summed E-state index contributed by atoms with van der Waals surface area (Å²) in [4.78, 5) is 21.0. The number of anilines is 2. The van der Waals surface area contributed by atoms with Crippen LogP contribution in [0.3, 0.4) is 0 Å². The minimum absolute atomic E-state index is 0.181. The summed E-state index contributed by atoms with van der Waals surface area (Å²) in [6.07, 6.45) is 0.556. The van der Waals surface area contributed by atoms with E-state index in [-0.39, 0.29) is 11.8 Å². The van der Waals surface area contributed by atoms with Crippen LogP contribution < -0.4 is 10.2 Å². The topological polar surface area (TPSA) is 85.2 Å². The van der Waals surface area contributed by atoms with Crippen LogP contribution in [0.25, 0.3) is 0 Å². The third-order valence-electron chi connectivity index (χ3n) is 4.81. The number of benzene rings is 2. The van der Waals surface area contributed by atoms with Crippen molar-refractivity contribution in [1.82, 2.24) is 14.3 Å². The van der Waals surface area contributed by atoms with Crippen molar-refractivity contribution in [2.75, 3.05) is 36.4 Å². The van der Waals surface area contributed by atoms with Gasteiger partial charge in [-0.1, -0.05) is 18.2 Å². The minimum Gasteiger partial charge on any atom is -0.343 e. The van der Waals surface area contributed by atoms with Crippen LogP contribution in [0.1, 0.15) is 17.0 Å². The van der Waals surface area contributed by atoms with E-state index in [0.717, 1.165) is 10.7 Å². The maximum absolute atomic E-state index is 13.0. The van der Waals surface area contributed by atoms with E-state index >= 15 is 0 Å². The number of nitrogens with zero attached hydrogens (tertiary/aromatic N) is 5. The van der Waals surface area contributed by atoms with Gasteiger partial charge in [-0.05, 0) is 35.9 Å². The molecule has 1 aliphatic heterocycles. The van der Waals surface area contributed by atoms with Crippen LogP contribution in [0, 0.1) is 17.1 Å². The third-order valence-corrected chi connectivity index (χ3v) is 5.63. The number of nitrogens with one attached hydrogen (secondary N) is 1. The first kappa shape index (κ1) is 19.8. The second-order valence-corrected chi connectivity index (χ2v) is 7.62. The SMILES string of the molecule is N#Cc1cccc(NC(=O)N2CCN(c3nc(Cc4ccc(F)cc4)ns3)CC2)c1. The molecule has 1 fully saturated rings. The van der Waals surface area contributed by atoms with Gasteiger partial charge in [0, 0.05) is 49.8 Å². The molecule has 0 spiro atoms. The van der Waals surface area contributed by atoms with Gasteiger partial charge in [0.1, 0.15) is 11.6 Å². The van der Waals surface area contributed by atoms with E-state index in [4.69, 9.17) is 5.26 Å². The Bertz CT molecular complexity index is 1070. The zero-order valence-corrected chi connectivity index (χ0v) is 16.9. The summed E-state index contributed by atoms with van der Waals surface area (Å²) in [5.41, 5.74) is 2.07. The second-order valence-electron chi connectivity index (χ2n) is 6.89. The molecule has 1 aliphatic rings. The van der Waals surface area contributed by atoms with Crippen LogP contribution in [0.2, 0.25) is 0 Å². The predicted octanol–water partition coefficient (Wildman–Crippen LogP) is 3.49. The van der Waals surface area contributed by atoms with Gasteiger partial charge in [0.15, 0.2) is 0 Å². The molecule has 0 atom stereocenters. The molecular weight excluding hydrogens is 403 g/mol. The smallest absolute Gasteiger partial charge is 0.321 e. The van der Waals surface area contributed by atoms with Gasteiger partial charge in [-0.2, -0.15) is 9.64 Å². The van der Waals surface area contributed by atoms with Crippen LogP contribution in [-0.2, 0) is 6.42 Å². The van der Waals surface area contributed by atoms with Crippen LogP contribution in [-0.4, -0.2) is 46.5 Å². The van der Waals surface area contributed by atoms with Crippen molar-refractivity contribution < 1.29 is 9.18 Å². The summed E-state index contributed by atoms with van der Waals surface area (Å²) >= 11 is 1.34. The number of nitriles is 1. The Morgan fingerprint density at radius 3 is 2.67 bits per heavy atom. The van der Waals surface area contributed by atoms with Gasteiger partial charge >= 0.3 is 6.03 Å². The zero-order chi connectivity index (χ0) is 20.9. The molecule has 2 amide bonds. The van der Waals surface area contributed by atoms with E-state index < -0.39 is 0 Å². The molecule has 4 rings (SSSR count). The first-order valence-corrected chi connectivity index (χ1v) is 10.3. The third kappa shape index (κ3) is 4.72. The lowest BCUT2D eigenvalue weighted by molar-refractivity contribution is 0.208. The number of carbonyl (C=O) groups is 1. The Labute approximate surface area is 177 Å². The van der Waals surface area contributed by atoms with Gasteiger partial charge in [-0.15, -0.1) is 0 Å². The van der Waals surface area contributed by atoms with Crippen molar-refractivity contribution in [3.63, 3.8) is 0 Å². The summed E-state index contributed by atoms with van der Waals surface area (Å²) in [7, 11) is 0. The highest BCUT2D eigenvalue weighted by atomic mass is 32.1. The zero-order valence-electron chi connectivity index (χ0n) is 16.1. The molecule has 9 heteroatoms. The average Bonchev–Trinajstić information content (AvgIpc) is 3.24. The molecule has 0 saturated carbocycles. The van der Waals surface area contributed by atoms with E-state index in [1.807, 2.05) is 0 Å². The number of piperazine rings is 1. The van der Waals surface area contributed by atoms with Crippen molar-refractivity contribution in [2.45, 2.75) is 6.42 Å². The van der Waals surface area contributed by atoms with E-state index in [0.29, 0.717) is 49.7 Å². The van der Waals surface area contributed by atoms with Gasteiger partial charge in [0.25, 0.3) is 0 Å². The molecule has 1 aromatic heterocycles. The molecule has 0 radical (unpaired) electrons. The molecule has 0 bridgehead atoms. The Morgan fingerprint density at radius 2 is 1.93 bits per heavy atom. The Kier molecular flexibility index (Phi) is 5.86. The van der Waals surface area contributed by atoms with Gasteiger partial charge in [-0.3, -0.25) is 0 Å². The number of urea groups is 1. The lowest BCUT2D eigenvalue weighted by Crippen LogP contribution is -2.50. The fraction of sp³-hybridized carbons (Fsp3) is 0.238. The largest absolute Gasteiger partial charge is 0.343 e. The van der Waals surface area contributed by atoms with E-state index in [1.165, 1.54) is 23.7 Å². The predicted molar refractivity (Wildman–Crippen MR) is 113 cm³/mol. The fourth-order valence-electron chi connectivity index (χ4n) is 3.20. The van der Waals surface area contributed by atoms with Gasteiger partial charge < -0.3 is 15.1 Å². The van der Waals surface area contributed by atoms with Crippen molar-refractivity contribution >= 4 is 28.4 Å². The maximum atomic E-state index is 13.0. The molecule has 0 unspecified atom stereocenters. The number of carbonyl (C=O) groups excluding carboxylic acids is 1. The molecule has 7 nitrogen and oxygen atoms in total. The number of hydrogen-bond acceptors (Lipinski definition) is 6. The molecule has 1 saturated heterocycles. The van der Waals surface area contributed by atoms with Crippen LogP contribution in [0.5, 0.6) is 0 Å². The van der Waals surface area contributed by atoms with E-state index in [2.05, 4.69) is 25.6 Å². The quantitative estimate of drug-likeness (QED) is 0.696. The van der Waals surface area contributed by atoms with Crippen LogP contribution >= 0.6 is 11.5 Å². The number of aromatic nitrogens is 2. The molecule has 3 aromatic rings. The summed E-state index contributed by atoms with van der Waals surface area (Å²) in [6, 6.07) is 15.1. The standard InChI is InChI=1S/C21H19FN6OS/c22-17-6-4-15(5-7-17)13-19-25-21(30-26-19)28-10-8-27(9-11-28)20(29)24-18-3-1-2-16(12-18)14-23/h1-7,12H,8-11,13H2,(H,24,29). The highest BCUT2D eigenvalue weighted by Crippen LogP contribution is 2.21. The van der Waals surface area contributed by atoms with Crippen molar-refractivity contribution in [2.24, 2.45) is 0 Å². The molecule has 1 N–H and O–H groups in total. The van der Waals surface area contributed by atoms with Crippen molar-refractivity contribution in [3.05, 3.63) is 71.3 Å². The highest BCUT2D eigenvalue weighted by molar-refractivity contribution is 7.09. The number of halogens is 1. The lowest BCUT2D eigenvalue weighted by Gasteiger charge is -2.34. The van der Waals surface area contributed by atoms with E-state index in [1.54, 1.807) is 41.3 Å². The fourth-order valence-corrected chi connectivity index (χ4v) is 3.94. The summed E-state index contributed by atoms with van der Waals surface area (Å²) in [5.74, 6) is 0.449. The Morgan fingerprint density at radius 1 is 1.17 bits per heavy atom. The number of rotatable bonds is 4. The summed E-state index contributed by atoms with van der Waals surface area (Å²) < 4.78 is 17.4. The van der Waals surface area contributed by atoms with Gasteiger partial charge in [0.2, 0.25) is 5.13 Å². The summed E-state index contributed by atoms with van der Waals surface area (Å²) in [6.45, 7) is 2.46. The van der Waals surface area contributed by atoms with Gasteiger partial charge in [0.05, 0.1) is 11.6 Å². The maximum Gasteiger partial charge on any atom is 0.321 e. The monoisotopic (exact) mass is 422 g/mol. The van der Waals surface area contributed by atoms with Crippen molar-refractivity contribution in [3.8, 4) is 6.07 Å². The average molecular weight is 422 g/mol. The Hall–Kier alpha value is -3.51. The summed E-state index contributed by atoms with van der Waals surface area (Å²) in [5, 5.41) is 12.6. The van der Waals surface area contributed by atoms with E-state index in [9.17, 15) is 9.18 Å². The Balaban J connectivity index is 1.31. The first-order valence-electron chi connectivity index (χ1n) is 9.49. The highest BCUT2D eigenvalue weighted by Gasteiger charge is 2.23. The van der Waals surface area contributed by atoms with Crippen LogP contribution in [0.15, 0.2) is 48.5 Å².